The van der Waals surface area contributed by atoms with Gasteiger partial charge in [-0.3, -0.25) is 39.7 Å². The molecule has 0 bridgehead atoms. The summed E-state index contributed by atoms with van der Waals surface area (Å²) in [5.74, 6) is -3.24. The van der Waals surface area contributed by atoms with E-state index in [0.29, 0.717) is 5.69 Å². The molecule has 1 aliphatic heterocycles. The van der Waals surface area contributed by atoms with Gasteiger partial charge in [-0.25, -0.2) is 0 Å². The van der Waals surface area contributed by atoms with E-state index in [9.17, 15) is 29.3 Å². The van der Waals surface area contributed by atoms with Crippen molar-refractivity contribution in [2.45, 2.75) is 13.3 Å². The number of non-ortho nitro benzene ring substituents is 1. The summed E-state index contributed by atoms with van der Waals surface area (Å²) in [5, 5.41) is 14.3. The van der Waals surface area contributed by atoms with Crippen molar-refractivity contribution in [2.24, 2.45) is 5.92 Å². The monoisotopic (exact) mass is 440 g/mol. The van der Waals surface area contributed by atoms with Crippen LogP contribution in [0.25, 0.3) is 0 Å². The molecular weight excluding hydrogens is 420 g/mol. The highest BCUT2D eigenvalue weighted by Gasteiger charge is 2.36. The van der Waals surface area contributed by atoms with Crippen molar-refractivity contribution in [2.75, 3.05) is 18.5 Å². The van der Waals surface area contributed by atoms with Crippen LogP contribution in [0.5, 0.6) is 0 Å². The molecule has 0 aromatic heterocycles. The number of rotatable bonds is 7. The Hall–Kier alpha value is -4.28. The standard InChI is InChI=1S/C21H20N4O7/c1-13-3-2-4-16(9-13)22-18(26)12-32-21(29)15-10-19(27)24(11-15)23-20(28)14-5-7-17(8-6-14)25(30)31/h2-9,15H,10-12H2,1H3,(H,22,26)(H,23,28)/t15-/m0/s1. The maximum atomic E-state index is 12.3. The number of nitro groups is 1. The van der Waals surface area contributed by atoms with Crippen LogP contribution in [0.4, 0.5) is 11.4 Å². The van der Waals surface area contributed by atoms with Gasteiger partial charge in [-0.2, -0.15) is 0 Å². The zero-order chi connectivity index (χ0) is 23.3. The molecule has 0 saturated carbocycles. The van der Waals surface area contributed by atoms with E-state index in [2.05, 4.69) is 10.7 Å². The fourth-order valence-corrected chi connectivity index (χ4v) is 3.07. The number of anilines is 1. The number of benzene rings is 2. The molecule has 32 heavy (non-hydrogen) atoms. The number of nitrogens with zero attached hydrogens (tertiary/aromatic N) is 2. The Morgan fingerprint density at radius 2 is 1.91 bits per heavy atom. The van der Waals surface area contributed by atoms with Gasteiger partial charge in [0.2, 0.25) is 5.91 Å². The van der Waals surface area contributed by atoms with Gasteiger partial charge in [0, 0.05) is 29.8 Å². The second-order valence-electron chi connectivity index (χ2n) is 7.18. The minimum absolute atomic E-state index is 0.113. The van der Waals surface area contributed by atoms with Crippen LogP contribution in [-0.4, -0.2) is 46.8 Å². The minimum atomic E-state index is -0.841. The van der Waals surface area contributed by atoms with Crippen LogP contribution in [0.15, 0.2) is 48.5 Å². The van der Waals surface area contributed by atoms with E-state index in [4.69, 9.17) is 4.74 Å². The van der Waals surface area contributed by atoms with Crippen molar-refractivity contribution in [1.29, 1.82) is 0 Å². The Balaban J connectivity index is 1.48. The van der Waals surface area contributed by atoms with Crippen LogP contribution in [0, 0.1) is 23.0 Å². The molecule has 2 aromatic rings. The number of nitrogens with one attached hydrogen (secondary N) is 2. The Morgan fingerprint density at radius 1 is 1.19 bits per heavy atom. The number of nitro benzene ring substituents is 1. The lowest BCUT2D eigenvalue weighted by molar-refractivity contribution is -0.384. The molecule has 11 nitrogen and oxygen atoms in total. The first-order valence-electron chi connectivity index (χ1n) is 9.62. The molecule has 0 unspecified atom stereocenters. The van der Waals surface area contributed by atoms with E-state index < -0.39 is 41.1 Å². The molecule has 1 heterocycles. The summed E-state index contributed by atoms with van der Waals surface area (Å²) in [6.07, 6.45) is -0.182. The molecule has 2 N–H and O–H groups in total. The van der Waals surface area contributed by atoms with Crippen molar-refractivity contribution in [3.8, 4) is 0 Å². The lowest BCUT2D eigenvalue weighted by atomic mass is 10.1. The van der Waals surface area contributed by atoms with Crippen molar-refractivity contribution in [3.05, 3.63) is 69.8 Å². The highest BCUT2D eigenvalue weighted by molar-refractivity contribution is 5.97. The number of hydrogen-bond acceptors (Lipinski definition) is 7. The first kappa shape index (κ1) is 22.4. The molecule has 166 valence electrons. The van der Waals surface area contributed by atoms with Crippen molar-refractivity contribution < 1.29 is 28.8 Å². The molecular formula is C21H20N4O7. The highest BCUT2D eigenvalue weighted by Crippen LogP contribution is 2.19. The molecule has 1 fully saturated rings. The topological polar surface area (TPSA) is 148 Å². The normalized spacial score (nSPS) is 15.2. The zero-order valence-electron chi connectivity index (χ0n) is 17.1. The average molecular weight is 440 g/mol. The first-order chi connectivity index (χ1) is 15.2. The Labute approximate surface area is 182 Å². The third-order valence-corrected chi connectivity index (χ3v) is 4.68. The SMILES string of the molecule is Cc1cccc(NC(=O)COC(=O)[C@H]2CC(=O)N(NC(=O)c3ccc([N+](=O)[O-])cc3)C2)c1. The van der Waals surface area contributed by atoms with Crippen LogP contribution in [-0.2, 0) is 19.1 Å². The average Bonchev–Trinajstić information content (AvgIpc) is 3.12. The molecule has 11 heteroatoms. The van der Waals surface area contributed by atoms with E-state index in [1.54, 1.807) is 18.2 Å². The fraction of sp³-hybridized carbons (Fsp3) is 0.238. The van der Waals surface area contributed by atoms with Gasteiger partial charge in [0.05, 0.1) is 17.4 Å². The number of aryl methyl sites for hydroxylation is 1. The van der Waals surface area contributed by atoms with Gasteiger partial charge in [-0.15, -0.1) is 0 Å². The number of esters is 1. The first-order valence-corrected chi connectivity index (χ1v) is 9.62. The summed E-state index contributed by atoms with van der Waals surface area (Å²) in [4.78, 5) is 58.7. The molecule has 0 aliphatic carbocycles. The van der Waals surface area contributed by atoms with Gasteiger partial charge >= 0.3 is 5.97 Å². The van der Waals surface area contributed by atoms with Crippen LogP contribution in [0.2, 0.25) is 0 Å². The van der Waals surface area contributed by atoms with Gasteiger partial charge in [-0.05, 0) is 36.8 Å². The molecule has 3 amide bonds. The predicted octanol–water partition coefficient (Wildman–Crippen LogP) is 1.58. The summed E-state index contributed by atoms with van der Waals surface area (Å²) in [6, 6.07) is 12.0. The van der Waals surface area contributed by atoms with Gasteiger partial charge in [0.25, 0.3) is 17.5 Å². The molecule has 3 rings (SSSR count). The van der Waals surface area contributed by atoms with Gasteiger partial charge in [0.1, 0.15) is 0 Å². The summed E-state index contributed by atoms with van der Waals surface area (Å²) in [7, 11) is 0. The summed E-state index contributed by atoms with van der Waals surface area (Å²) in [5.41, 5.74) is 3.84. The number of hydrazine groups is 1. The Morgan fingerprint density at radius 3 is 2.56 bits per heavy atom. The van der Waals surface area contributed by atoms with E-state index in [-0.39, 0.29) is 24.2 Å². The Bertz CT molecular complexity index is 1070. The van der Waals surface area contributed by atoms with Crippen LogP contribution >= 0.6 is 0 Å². The molecule has 1 saturated heterocycles. The number of ether oxygens (including phenoxy) is 1. The number of hydrogen-bond donors (Lipinski definition) is 2. The third kappa shape index (κ3) is 5.65. The Kier molecular flexibility index (Phi) is 6.78. The van der Waals surface area contributed by atoms with Crippen LogP contribution < -0.4 is 10.7 Å². The number of amides is 3. The van der Waals surface area contributed by atoms with Crippen molar-refractivity contribution >= 4 is 35.1 Å². The number of carbonyl (C=O) groups is 4. The smallest absolute Gasteiger partial charge is 0.311 e. The van der Waals surface area contributed by atoms with Crippen LogP contribution in [0.3, 0.4) is 0 Å². The lowest BCUT2D eigenvalue weighted by Gasteiger charge is -2.17. The van der Waals surface area contributed by atoms with Gasteiger partial charge < -0.3 is 10.1 Å². The maximum Gasteiger partial charge on any atom is 0.311 e. The van der Waals surface area contributed by atoms with Crippen molar-refractivity contribution in [3.63, 3.8) is 0 Å². The largest absolute Gasteiger partial charge is 0.455 e. The second kappa shape index (κ2) is 9.69. The maximum absolute atomic E-state index is 12.3. The summed E-state index contributed by atoms with van der Waals surface area (Å²) < 4.78 is 5.01. The molecule has 1 atom stereocenters. The third-order valence-electron chi connectivity index (χ3n) is 4.68. The summed E-state index contributed by atoms with van der Waals surface area (Å²) >= 11 is 0. The van der Waals surface area contributed by atoms with Crippen molar-refractivity contribution in [1.82, 2.24) is 10.4 Å². The van der Waals surface area contributed by atoms with Gasteiger partial charge in [0.15, 0.2) is 6.61 Å². The fourth-order valence-electron chi connectivity index (χ4n) is 3.07. The minimum Gasteiger partial charge on any atom is -0.455 e. The van der Waals surface area contributed by atoms with Gasteiger partial charge in [-0.1, -0.05) is 12.1 Å². The quantitative estimate of drug-likeness (QED) is 0.377. The highest BCUT2D eigenvalue weighted by atomic mass is 16.6. The van der Waals surface area contributed by atoms with E-state index in [1.807, 2.05) is 13.0 Å². The number of carbonyl (C=O) groups excluding carboxylic acids is 4. The summed E-state index contributed by atoms with van der Waals surface area (Å²) in [6.45, 7) is 1.25. The second-order valence-corrected chi connectivity index (χ2v) is 7.18. The molecule has 1 aliphatic rings. The van der Waals surface area contributed by atoms with E-state index in [1.165, 1.54) is 24.3 Å². The molecule has 0 radical (unpaired) electrons. The van der Waals surface area contributed by atoms with Crippen LogP contribution in [0.1, 0.15) is 22.3 Å². The molecule has 0 spiro atoms. The predicted molar refractivity (Wildman–Crippen MR) is 111 cm³/mol. The lowest BCUT2D eigenvalue weighted by Crippen LogP contribution is -2.43. The van der Waals surface area contributed by atoms with E-state index in [0.717, 1.165) is 10.6 Å². The molecule has 2 aromatic carbocycles. The zero-order valence-corrected chi connectivity index (χ0v) is 17.1. The van der Waals surface area contributed by atoms with E-state index >= 15 is 0 Å².